The van der Waals surface area contributed by atoms with Crippen molar-refractivity contribution in [3.8, 4) is 11.3 Å². The Hall–Kier alpha value is -1.62. The molecule has 1 amide bonds. The molecule has 0 saturated heterocycles. The van der Waals surface area contributed by atoms with Crippen LogP contribution in [0.3, 0.4) is 0 Å². The molecule has 25 heavy (non-hydrogen) atoms. The number of carbonyl (C=O) groups is 1. The number of aryl methyl sites for hydroxylation is 1. The van der Waals surface area contributed by atoms with Gasteiger partial charge in [-0.15, -0.1) is 24.8 Å². The molecule has 0 aliphatic rings. The quantitative estimate of drug-likeness (QED) is 0.791. The van der Waals surface area contributed by atoms with Gasteiger partial charge in [-0.2, -0.15) is 0 Å². The Balaban J connectivity index is 0.00000288. The minimum Gasteiger partial charge on any atom is -0.348 e. The fourth-order valence-corrected chi connectivity index (χ4v) is 2.62. The first kappa shape index (κ1) is 23.4. The van der Waals surface area contributed by atoms with Gasteiger partial charge in [-0.05, 0) is 31.4 Å². The molecule has 2 rings (SSSR count). The molecule has 0 aliphatic heterocycles. The van der Waals surface area contributed by atoms with E-state index in [2.05, 4.69) is 24.1 Å². The van der Waals surface area contributed by atoms with Crippen LogP contribution in [-0.2, 0) is 0 Å². The highest BCUT2D eigenvalue weighted by Crippen LogP contribution is 2.18. The summed E-state index contributed by atoms with van der Waals surface area (Å²) in [5.74, 6) is 0.384. The van der Waals surface area contributed by atoms with E-state index in [1.807, 2.05) is 49.4 Å². The molecule has 1 heterocycles. The van der Waals surface area contributed by atoms with Crippen LogP contribution < -0.4 is 11.1 Å². The Bertz CT molecular complexity index is 663. The van der Waals surface area contributed by atoms with Crippen LogP contribution in [0.1, 0.15) is 36.3 Å². The molecule has 1 atom stereocenters. The van der Waals surface area contributed by atoms with Gasteiger partial charge < -0.3 is 11.1 Å². The van der Waals surface area contributed by atoms with Crippen LogP contribution in [0, 0.1) is 12.8 Å². The van der Waals surface area contributed by atoms with Crippen LogP contribution in [0.4, 0.5) is 0 Å². The molecule has 0 saturated carbocycles. The molecule has 2 aromatic rings. The summed E-state index contributed by atoms with van der Waals surface area (Å²) in [5, 5.41) is 3.01. The SMILES string of the molecule is Cc1nc(-c2ccccc2)ccc1C(=O)NC(CN)CC(C)C.Cl.Cl. The Kier molecular flexibility index (Phi) is 10.4. The number of nitrogens with zero attached hydrogens (tertiary/aromatic N) is 1. The summed E-state index contributed by atoms with van der Waals surface area (Å²) in [7, 11) is 0. The Morgan fingerprint density at radius 3 is 2.28 bits per heavy atom. The van der Waals surface area contributed by atoms with E-state index >= 15 is 0 Å². The largest absolute Gasteiger partial charge is 0.348 e. The minimum absolute atomic E-state index is 0. The lowest BCUT2D eigenvalue weighted by Gasteiger charge is -2.19. The first-order valence-corrected chi connectivity index (χ1v) is 8.05. The van der Waals surface area contributed by atoms with E-state index in [0.29, 0.717) is 18.0 Å². The third kappa shape index (κ3) is 6.65. The zero-order valence-electron chi connectivity index (χ0n) is 14.9. The van der Waals surface area contributed by atoms with E-state index in [1.165, 1.54) is 0 Å². The summed E-state index contributed by atoms with van der Waals surface area (Å²) < 4.78 is 0. The predicted octanol–water partition coefficient (Wildman–Crippen LogP) is 4.00. The molecule has 1 aromatic carbocycles. The summed E-state index contributed by atoms with van der Waals surface area (Å²) in [6.45, 7) is 6.55. The van der Waals surface area contributed by atoms with Crippen LogP contribution in [0.15, 0.2) is 42.5 Å². The van der Waals surface area contributed by atoms with Crippen molar-refractivity contribution in [1.29, 1.82) is 0 Å². The van der Waals surface area contributed by atoms with Gasteiger partial charge in [0.05, 0.1) is 17.0 Å². The molecule has 4 nitrogen and oxygen atoms in total. The number of nitrogens with two attached hydrogens (primary N) is 1. The van der Waals surface area contributed by atoms with Gasteiger partial charge in [-0.25, -0.2) is 0 Å². The highest BCUT2D eigenvalue weighted by atomic mass is 35.5. The average molecular weight is 384 g/mol. The third-order valence-electron chi connectivity index (χ3n) is 3.78. The number of amides is 1. The minimum atomic E-state index is -0.106. The van der Waals surface area contributed by atoms with Crippen molar-refractivity contribution in [3.05, 3.63) is 53.7 Å². The molecule has 138 valence electrons. The van der Waals surface area contributed by atoms with Crippen molar-refractivity contribution >= 4 is 30.7 Å². The van der Waals surface area contributed by atoms with E-state index in [-0.39, 0.29) is 36.8 Å². The van der Waals surface area contributed by atoms with Gasteiger partial charge in [-0.1, -0.05) is 44.2 Å². The number of halogens is 2. The Morgan fingerprint density at radius 2 is 1.76 bits per heavy atom. The molecule has 0 bridgehead atoms. The first-order chi connectivity index (χ1) is 11.0. The Morgan fingerprint density at radius 1 is 1.12 bits per heavy atom. The third-order valence-corrected chi connectivity index (χ3v) is 3.78. The summed E-state index contributed by atoms with van der Waals surface area (Å²) in [5.41, 5.74) is 9.00. The molecular weight excluding hydrogens is 357 g/mol. The standard InChI is InChI=1S/C19H25N3O.2ClH/c1-13(2)11-16(12-20)22-19(23)17-9-10-18(21-14(17)3)15-7-5-4-6-8-15;;/h4-10,13,16H,11-12,20H2,1-3H3,(H,22,23);2*1H. The van der Waals surface area contributed by atoms with Crippen LogP contribution in [0.25, 0.3) is 11.3 Å². The van der Waals surface area contributed by atoms with E-state index in [1.54, 1.807) is 0 Å². The Labute approximate surface area is 162 Å². The summed E-state index contributed by atoms with van der Waals surface area (Å²) in [4.78, 5) is 17.0. The fourth-order valence-electron chi connectivity index (χ4n) is 2.62. The van der Waals surface area contributed by atoms with Crippen LogP contribution in [0.5, 0.6) is 0 Å². The molecule has 3 N–H and O–H groups in total. The van der Waals surface area contributed by atoms with E-state index in [4.69, 9.17) is 5.73 Å². The zero-order valence-corrected chi connectivity index (χ0v) is 16.5. The van der Waals surface area contributed by atoms with Crippen molar-refractivity contribution in [3.63, 3.8) is 0 Å². The normalized spacial score (nSPS) is 11.2. The molecule has 1 unspecified atom stereocenters. The lowest BCUT2D eigenvalue weighted by Crippen LogP contribution is -2.41. The van der Waals surface area contributed by atoms with Crippen molar-refractivity contribution in [2.75, 3.05) is 6.54 Å². The predicted molar refractivity (Wildman–Crippen MR) is 109 cm³/mol. The number of nitrogens with one attached hydrogen (secondary N) is 1. The highest BCUT2D eigenvalue weighted by Gasteiger charge is 2.16. The van der Waals surface area contributed by atoms with Gasteiger partial charge in [0.2, 0.25) is 0 Å². The van der Waals surface area contributed by atoms with Crippen molar-refractivity contribution < 1.29 is 4.79 Å². The molecular formula is C19H27Cl2N3O. The molecule has 0 spiro atoms. The molecule has 6 heteroatoms. The zero-order chi connectivity index (χ0) is 16.8. The second kappa shape index (κ2) is 11.1. The second-order valence-electron chi connectivity index (χ2n) is 6.23. The summed E-state index contributed by atoms with van der Waals surface area (Å²) >= 11 is 0. The van der Waals surface area contributed by atoms with Gasteiger partial charge in [0, 0.05) is 18.2 Å². The number of hydrogen-bond acceptors (Lipinski definition) is 3. The molecule has 0 aliphatic carbocycles. The van der Waals surface area contributed by atoms with E-state index in [9.17, 15) is 4.79 Å². The molecule has 0 fully saturated rings. The second-order valence-corrected chi connectivity index (χ2v) is 6.23. The van der Waals surface area contributed by atoms with Gasteiger partial charge >= 0.3 is 0 Å². The molecule has 0 radical (unpaired) electrons. The summed E-state index contributed by atoms with van der Waals surface area (Å²) in [6, 6.07) is 13.7. The van der Waals surface area contributed by atoms with Gasteiger partial charge in [0.25, 0.3) is 5.91 Å². The van der Waals surface area contributed by atoms with Crippen molar-refractivity contribution in [2.24, 2.45) is 11.7 Å². The lowest BCUT2D eigenvalue weighted by molar-refractivity contribution is 0.0932. The number of benzene rings is 1. The fraction of sp³-hybridized carbons (Fsp3) is 0.368. The maximum Gasteiger partial charge on any atom is 0.253 e. The van der Waals surface area contributed by atoms with Gasteiger partial charge in [0.15, 0.2) is 0 Å². The summed E-state index contributed by atoms with van der Waals surface area (Å²) in [6.07, 6.45) is 0.872. The number of hydrogen-bond donors (Lipinski definition) is 2. The number of carbonyl (C=O) groups excluding carboxylic acids is 1. The number of pyridine rings is 1. The van der Waals surface area contributed by atoms with E-state index < -0.39 is 0 Å². The number of rotatable bonds is 6. The monoisotopic (exact) mass is 383 g/mol. The first-order valence-electron chi connectivity index (χ1n) is 8.05. The van der Waals surface area contributed by atoms with Crippen molar-refractivity contribution in [1.82, 2.24) is 10.3 Å². The maximum atomic E-state index is 12.5. The van der Waals surface area contributed by atoms with Crippen LogP contribution in [0.2, 0.25) is 0 Å². The molecule has 1 aromatic heterocycles. The van der Waals surface area contributed by atoms with E-state index in [0.717, 1.165) is 23.4 Å². The van der Waals surface area contributed by atoms with Gasteiger partial charge in [0.1, 0.15) is 0 Å². The number of aromatic nitrogens is 1. The van der Waals surface area contributed by atoms with Crippen LogP contribution in [-0.4, -0.2) is 23.5 Å². The van der Waals surface area contributed by atoms with Crippen molar-refractivity contribution in [2.45, 2.75) is 33.2 Å². The average Bonchev–Trinajstić information content (AvgIpc) is 2.54. The topological polar surface area (TPSA) is 68.0 Å². The smallest absolute Gasteiger partial charge is 0.253 e. The maximum absolute atomic E-state index is 12.5. The highest BCUT2D eigenvalue weighted by molar-refractivity contribution is 5.95. The van der Waals surface area contributed by atoms with Gasteiger partial charge in [-0.3, -0.25) is 9.78 Å². The lowest BCUT2D eigenvalue weighted by atomic mass is 10.0. The van der Waals surface area contributed by atoms with Crippen LogP contribution >= 0.6 is 24.8 Å².